The van der Waals surface area contributed by atoms with Crippen LogP contribution in [0.1, 0.15) is 0 Å². The molecular formula is C42H26N2O. The van der Waals surface area contributed by atoms with Crippen molar-refractivity contribution in [2.45, 2.75) is 0 Å². The first kappa shape index (κ1) is 24.4. The van der Waals surface area contributed by atoms with E-state index in [4.69, 9.17) is 4.42 Å². The highest BCUT2D eigenvalue weighted by molar-refractivity contribution is 6.15. The molecule has 0 aliphatic carbocycles. The molecule has 3 heterocycles. The minimum absolute atomic E-state index is 0.895. The van der Waals surface area contributed by atoms with Gasteiger partial charge in [0.2, 0.25) is 0 Å². The quantitative estimate of drug-likeness (QED) is 0.206. The topological polar surface area (TPSA) is 23.0 Å². The minimum Gasteiger partial charge on any atom is -0.456 e. The Labute approximate surface area is 258 Å². The summed E-state index contributed by atoms with van der Waals surface area (Å²) in [5.41, 5.74) is 11.2. The predicted molar refractivity (Wildman–Crippen MR) is 188 cm³/mol. The number of rotatable bonds is 3. The number of benzene rings is 7. The highest BCUT2D eigenvalue weighted by Gasteiger charge is 2.18. The van der Waals surface area contributed by atoms with Gasteiger partial charge in [-0.05, 0) is 71.8 Å². The molecule has 45 heavy (non-hydrogen) atoms. The van der Waals surface area contributed by atoms with Crippen LogP contribution in [0.25, 0.3) is 88.1 Å². The fourth-order valence-electron chi connectivity index (χ4n) is 7.39. The zero-order valence-corrected chi connectivity index (χ0v) is 24.3. The molecule has 0 radical (unpaired) electrons. The number of hydrogen-bond acceptors (Lipinski definition) is 1. The van der Waals surface area contributed by atoms with Gasteiger partial charge in [0.25, 0.3) is 0 Å². The molecule has 7 aromatic carbocycles. The molecular weight excluding hydrogens is 548 g/mol. The molecule has 0 unspecified atom stereocenters. The molecule has 0 saturated carbocycles. The third kappa shape index (κ3) is 3.46. The Morgan fingerprint density at radius 1 is 0.356 bits per heavy atom. The van der Waals surface area contributed by atoms with Crippen molar-refractivity contribution in [1.82, 2.24) is 9.13 Å². The summed E-state index contributed by atoms with van der Waals surface area (Å²) in [7, 11) is 0. The van der Waals surface area contributed by atoms with E-state index < -0.39 is 0 Å². The summed E-state index contributed by atoms with van der Waals surface area (Å²) in [6.45, 7) is 0. The van der Waals surface area contributed by atoms with E-state index in [9.17, 15) is 0 Å². The van der Waals surface area contributed by atoms with Crippen molar-refractivity contribution in [2.75, 3.05) is 0 Å². The molecule has 0 bridgehead atoms. The molecule has 0 N–H and O–H groups in total. The largest absolute Gasteiger partial charge is 0.456 e. The van der Waals surface area contributed by atoms with Crippen LogP contribution in [-0.2, 0) is 0 Å². The number of fused-ring (bicyclic) bond motifs is 9. The Balaban J connectivity index is 1.24. The second kappa shape index (κ2) is 9.22. The van der Waals surface area contributed by atoms with Crippen molar-refractivity contribution < 1.29 is 4.42 Å². The van der Waals surface area contributed by atoms with Crippen LogP contribution >= 0.6 is 0 Å². The summed E-state index contributed by atoms with van der Waals surface area (Å²) < 4.78 is 11.2. The van der Waals surface area contributed by atoms with Gasteiger partial charge in [-0.25, -0.2) is 0 Å². The number of aromatic nitrogens is 2. The molecule has 0 atom stereocenters. The molecule has 10 aromatic rings. The van der Waals surface area contributed by atoms with Crippen LogP contribution in [0.15, 0.2) is 162 Å². The van der Waals surface area contributed by atoms with Crippen molar-refractivity contribution in [1.29, 1.82) is 0 Å². The molecule has 0 aliphatic heterocycles. The third-order valence-electron chi connectivity index (χ3n) is 9.32. The molecule has 210 valence electrons. The third-order valence-corrected chi connectivity index (χ3v) is 9.32. The first-order valence-electron chi connectivity index (χ1n) is 15.4. The predicted octanol–water partition coefficient (Wildman–Crippen LogP) is 11.4. The van der Waals surface area contributed by atoms with E-state index in [0.717, 1.165) is 33.3 Å². The van der Waals surface area contributed by atoms with Gasteiger partial charge in [-0.2, -0.15) is 0 Å². The van der Waals surface area contributed by atoms with E-state index in [2.05, 4.69) is 167 Å². The average molecular weight is 575 g/mol. The number of furan rings is 1. The van der Waals surface area contributed by atoms with Crippen LogP contribution < -0.4 is 0 Å². The van der Waals surface area contributed by atoms with Gasteiger partial charge in [0, 0.05) is 43.7 Å². The first-order chi connectivity index (χ1) is 22.3. The van der Waals surface area contributed by atoms with Gasteiger partial charge < -0.3 is 13.6 Å². The number of nitrogens with zero attached hydrogens (tertiary/aromatic N) is 2. The number of para-hydroxylation sites is 3. The maximum atomic E-state index is 6.38. The van der Waals surface area contributed by atoms with Crippen LogP contribution in [0.3, 0.4) is 0 Å². The van der Waals surface area contributed by atoms with Crippen LogP contribution in [0.2, 0.25) is 0 Å². The second-order valence-corrected chi connectivity index (χ2v) is 11.8. The van der Waals surface area contributed by atoms with E-state index >= 15 is 0 Å². The fourth-order valence-corrected chi connectivity index (χ4v) is 7.39. The van der Waals surface area contributed by atoms with Gasteiger partial charge in [0.1, 0.15) is 11.2 Å². The van der Waals surface area contributed by atoms with Crippen molar-refractivity contribution in [3.05, 3.63) is 158 Å². The molecule has 10 rings (SSSR count). The van der Waals surface area contributed by atoms with E-state index in [1.165, 1.54) is 54.7 Å². The number of hydrogen-bond donors (Lipinski definition) is 0. The molecule has 3 nitrogen and oxygen atoms in total. The lowest BCUT2D eigenvalue weighted by Crippen LogP contribution is -1.95. The van der Waals surface area contributed by atoms with Crippen LogP contribution in [-0.4, -0.2) is 9.13 Å². The maximum absolute atomic E-state index is 6.38. The average Bonchev–Trinajstić information content (AvgIpc) is 3.76. The lowest BCUT2D eigenvalue weighted by Gasteiger charge is -2.11. The first-order valence-corrected chi connectivity index (χ1v) is 15.4. The summed E-state index contributed by atoms with van der Waals surface area (Å²) in [6.07, 6.45) is 0. The van der Waals surface area contributed by atoms with Crippen molar-refractivity contribution >= 4 is 65.6 Å². The monoisotopic (exact) mass is 574 g/mol. The van der Waals surface area contributed by atoms with E-state index in [0.29, 0.717) is 0 Å². The normalized spacial score (nSPS) is 12.0. The summed E-state index contributed by atoms with van der Waals surface area (Å²) in [5, 5.41) is 7.27. The van der Waals surface area contributed by atoms with E-state index in [1.807, 2.05) is 0 Å². The van der Waals surface area contributed by atoms with Crippen molar-refractivity contribution in [2.24, 2.45) is 0 Å². The maximum Gasteiger partial charge on any atom is 0.136 e. The lowest BCUT2D eigenvalue weighted by atomic mass is 9.99. The standard InChI is InChI=1S/C42H26N2O/c1-2-11-27(12-3-1)30-16-10-20-41-42(30)35-26-29(22-24-40(35)45-41)44-38-19-9-6-15-33(38)34-25-28(21-23-39(34)44)43-36-17-7-4-13-31(36)32-14-5-8-18-37(32)43/h1-26H. The Kier molecular flexibility index (Phi) is 5.00. The van der Waals surface area contributed by atoms with Gasteiger partial charge in [-0.15, -0.1) is 0 Å². The lowest BCUT2D eigenvalue weighted by molar-refractivity contribution is 0.669. The molecule has 0 aliphatic rings. The summed E-state index contributed by atoms with van der Waals surface area (Å²) in [5.74, 6) is 0. The smallest absolute Gasteiger partial charge is 0.136 e. The van der Waals surface area contributed by atoms with Gasteiger partial charge in [0.15, 0.2) is 0 Å². The zero-order valence-electron chi connectivity index (χ0n) is 24.3. The van der Waals surface area contributed by atoms with E-state index in [-0.39, 0.29) is 0 Å². The SMILES string of the molecule is c1ccc(-c2cccc3oc4ccc(-n5c6ccccc6c6cc(-n7c8ccccc8c8ccccc87)ccc65)cc4c23)cc1. The molecule has 0 amide bonds. The van der Waals surface area contributed by atoms with Crippen molar-refractivity contribution in [3.8, 4) is 22.5 Å². The Hall–Kier alpha value is -6.06. The van der Waals surface area contributed by atoms with Gasteiger partial charge >= 0.3 is 0 Å². The Morgan fingerprint density at radius 2 is 0.889 bits per heavy atom. The van der Waals surface area contributed by atoms with Crippen molar-refractivity contribution in [3.63, 3.8) is 0 Å². The molecule has 0 saturated heterocycles. The van der Waals surface area contributed by atoms with Crippen LogP contribution in [0, 0.1) is 0 Å². The summed E-state index contributed by atoms with van der Waals surface area (Å²) >= 11 is 0. The van der Waals surface area contributed by atoms with Crippen LogP contribution in [0.4, 0.5) is 0 Å². The molecule has 0 spiro atoms. The zero-order chi connectivity index (χ0) is 29.5. The fraction of sp³-hybridized carbons (Fsp3) is 0. The summed E-state index contributed by atoms with van der Waals surface area (Å²) in [6, 6.07) is 56.5. The molecule has 3 aromatic heterocycles. The molecule has 3 heteroatoms. The highest BCUT2D eigenvalue weighted by atomic mass is 16.3. The van der Waals surface area contributed by atoms with Gasteiger partial charge in [0.05, 0.1) is 22.1 Å². The van der Waals surface area contributed by atoms with Gasteiger partial charge in [-0.3, -0.25) is 0 Å². The van der Waals surface area contributed by atoms with Gasteiger partial charge in [-0.1, -0.05) is 97.1 Å². The van der Waals surface area contributed by atoms with Crippen LogP contribution in [0.5, 0.6) is 0 Å². The summed E-state index contributed by atoms with van der Waals surface area (Å²) in [4.78, 5) is 0. The highest BCUT2D eigenvalue weighted by Crippen LogP contribution is 2.40. The second-order valence-electron chi connectivity index (χ2n) is 11.8. The Bertz CT molecular complexity index is 2710. The molecule has 0 fully saturated rings. The van der Waals surface area contributed by atoms with E-state index in [1.54, 1.807) is 0 Å². The minimum atomic E-state index is 0.895. The Morgan fingerprint density at radius 3 is 1.56 bits per heavy atom.